The van der Waals surface area contributed by atoms with E-state index in [1.165, 1.54) is 24.3 Å². The number of benzene rings is 2. The minimum absolute atomic E-state index is 0.0397. The number of rotatable bonds is 5. The van der Waals surface area contributed by atoms with Crippen LogP contribution in [0.15, 0.2) is 48.5 Å². The fourth-order valence-corrected chi connectivity index (χ4v) is 1.92. The summed E-state index contributed by atoms with van der Waals surface area (Å²) in [7, 11) is 1.83. The Labute approximate surface area is 121 Å². The fourth-order valence-electron chi connectivity index (χ4n) is 1.92. The minimum atomic E-state index is -0.496. The van der Waals surface area contributed by atoms with Gasteiger partial charge in [-0.1, -0.05) is 18.2 Å². The highest BCUT2D eigenvalue weighted by atomic mass is 16.6. The van der Waals surface area contributed by atoms with E-state index in [0.29, 0.717) is 12.1 Å². The molecule has 0 saturated carbocycles. The Bertz CT molecular complexity index is 653. The van der Waals surface area contributed by atoms with Gasteiger partial charge in [-0.25, -0.2) is 0 Å². The lowest BCUT2D eigenvalue weighted by Crippen LogP contribution is -2.15. The van der Waals surface area contributed by atoms with Gasteiger partial charge in [-0.3, -0.25) is 14.9 Å². The molecule has 0 aliphatic carbocycles. The Morgan fingerprint density at radius 3 is 2.43 bits per heavy atom. The second-order valence-electron chi connectivity index (χ2n) is 4.45. The van der Waals surface area contributed by atoms with Crippen molar-refractivity contribution in [2.45, 2.75) is 6.54 Å². The lowest BCUT2D eigenvalue weighted by Gasteiger charge is -2.10. The van der Waals surface area contributed by atoms with E-state index in [-0.39, 0.29) is 11.6 Å². The number of para-hydroxylation sites is 1. The Hall–Kier alpha value is -2.73. The number of anilines is 1. The standard InChI is InChI=1S/C15H15N3O3/c1-16-10-12-4-2-3-5-14(12)17-15(19)11-6-8-13(9-7-11)18(20)21/h2-9,16H,10H2,1H3,(H,17,19). The number of non-ortho nitro benzene ring substituents is 1. The molecule has 108 valence electrons. The smallest absolute Gasteiger partial charge is 0.269 e. The first-order valence-corrected chi connectivity index (χ1v) is 6.40. The summed E-state index contributed by atoms with van der Waals surface area (Å²) >= 11 is 0. The number of carbonyl (C=O) groups excluding carboxylic acids is 1. The van der Waals surface area contributed by atoms with Crippen molar-refractivity contribution in [1.82, 2.24) is 5.32 Å². The van der Waals surface area contributed by atoms with Crippen LogP contribution in [-0.2, 0) is 6.54 Å². The third kappa shape index (κ3) is 3.64. The maximum Gasteiger partial charge on any atom is 0.269 e. The zero-order chi connectivity index (χ0) is 15.2. The van der Waals surface area contributed by atoms with Crippen molar-refractivity contribution in [3.63, 3.8) is 0 Å². The summed E-state index contributed by atoms with van der Waals surface area (Å²) in [6.07, 6.45) is 0. The number of nitrogens with zero attached hydrogens (tertiary/aromatic N) is 1. The molecule has 0 atom stereocenters. The number of carbonyl (C=O) groups is 1. The Morgan fingerprint density at radius 1 is 1.14 bits per heavy atom. The maximum atomic E-state index is 12.2. The van der Waals surface area contributed by atoms with Crippen LogP contribution < -0.4 is 10.6 Å². The summed E-state index contributed by atoms with van der Waals surface area (Å²) in [6.45, 7) is 0.636. The van der Waals surface area contributed by atoms with Gasteiger partial charge < -0.3 is 10.6 Å². The van der Waals surface area contributed by atoms with Crippen molar-refractivity contribution in [1.29, 1.82) is 0 Å². The molecule has 1 amide bonds. The van der Waals surface area contributed by atoms with Crippen molar-refractivity contribution in [2.75, 3.05) is 12.4 Å². The van der Waals surface area contributed by atoms with Crippen LogP contribution >= 0.6 is 0 Å². The van der Waals surface area contributed by atoms with Crippen LogP contribution in [0, 0.1) is 10.1 Å². The number of hydrogen-bond donors (Lipinski definition) is 2. The summed E-state index contributed by atoms with van der Waals surface area (Å²) < 4.78 is 0. The summed E-state index contributed by atoms with van der Waals surface area (Å²) in [5.41, 5.74) is 2.02. The van der Waals surface area contributed by atoms with Crippen LogP contribution in [-0.4, -0.2) is 17.9 Å². The molecule has 0 bridgehead atoms. The molecule has 0 radical (unpaired) electrons. The summed E-state index contributed by atoms with van der Waals surface area (Å²) in [6, 6.07) is 13.0. The van der Waals surface area contributed by atoms with Gasteiger partial charge in [0, 0.05) is 29.9 Å². The van der Waals surface area contributed by atoms with Crippen molar-refractivity contribution >= 4 is 17.3 Å². The monoisotopic (exact) mass is 285 g/mol. The average Bonchev–Trinajstić information content (AvgIpc) is 2.49. The van der Waals surface area contributed by atoms with Gasteiger partial charge in [-0.05, 0) is 30.8 Å². The molecule has 6 heteroatoms. The van der Waals surface area contributed by atoms with E-state index in [4.69, 9.17) is 0 Å². The third-order valence-corrected chi connectivity index (χ3v) is 2.97. The third-order valence-electron chi connectivity index (χ3n) is 2.97. The van der Waals surface area contributed by atoms with Gasteiger partial charge >= 0.3 is 0 Å². The van der Waals surface area contributed by atoms with Crippen LogP contribution in [0.1, 0.15) is 15.9 Å². The predicted molar refractivity (Wildman–Crippen MR) is 80.3 cm³/mol. The van der Waals surface area contributed by atoms with E-state index in [1.54, 1.807) is 0 Å². The number of nitro benzene ring substituents is 1. The largest absolute Gasteiger partial charge is 0.322 e. The molecular weight excluding hydrogens is 270 g/mol. The zero-order valence-electron chi connectivity index (χ0n) is 11.5. The Morgan fingerprint density at radius 2 is 1.81 bits per heavy atom. The average molecular weight is 285 g/mol. The number of nitro groups is 1. The molecular formula is C15H15N3O3. The van der Waals surface area contributed by atoms with Crippen molar-refractivity contribution in [3.05, 3.63) is 69.8 Å². The van der Waals surface area contributed by atoms with Gasteiger partial charge in [-0.15, -0.1) is 0 Å². The number of nitrogens with one attached hydrogen (secondary N) is 2. The molecule has 0 fully saturated rings. The highest BCUT2D eigenvalue weighted by molar-refractivity contribution is 6.04. The molecule has 0 aliphatic heterocycles. The second kappa shape index (κ2) is 6.62. The van der Waals surface area contributed by atoms with Gasteiger partial charge in [0.05, 0.1) is 4.92 Å². The van der Waals surface area contributed by atoms with Gasteiger partial charge in [0.1, 0.15) is 0 Å². The quantitative estimate of drug-likeness (QED) is 0.653. The number of hydrogen-bond acceptors (Lipinski definition) is 4. The molecule has 2 aromatic carbocycles. The second-order valence-corrected chi connectivity index (χ2v) is 4.45. The van der Waals surface area contributed by atoms with E-state index in [1.807, 2.05) is 31.3 Å². The minimum Gasteiger partial charge on any atom is -0.322 e. The lowest BCUT2D eigenvalue weighted by atomic mass is 10.1. The highest BCUT2D eigenvalue weighted by Crippen LogP contribution is 2.17. The molecule has 6 nitrogen and oxygen atoms in total. The van der Waals surface area contributed by atoms with Gasteiger partial charge in [0.25, 0.3) is 11.6 Å². The zero-order valence-corrected chi connectivity index (χ0v) is 11.5. The summed E-state index contributed by atoms with van der Waals surface area (Å²) in [5, 5.41) is 16.4. The van der Waals surface area contributed by atoms with Crippen LogP contribution in [0.5, 0.6) is 0 Å². The fraction of sp³-hybridized carbons (Fsp3) is 0.133. The maximum absolute atomic E-state index is 12.2. The van der Waals surface area contributed by atoms with E-state index in [0.717, 1.165) is 11.3 Å². The molecule has 2 aromatic rings. The van der Waals surface area contributed by atoms with E-state index >= 15 is 0 Å². The Kier molecular flexibility index (Phi) is 4.63. The molecule has 0 unspecified atom stereocenters. The first kappa shape index (κ1) is 14.7. The molecule has 2 rings (SSSR count). The highest BCUT2D eigenvalue weighted by Gasteiger charge is 2.11. The van der Waals surface area contributed by atoms with E-state index in [9.17, 15) is 14.9 Å². The van der Waals surface area contributed by atoms with E-state index < -0.39 is 4.92 Å². The normalized spacial score (nSPS) is 10.1. The summed E-state index contributed by atoms with van der Waals surface area (Å²) in [4.78, 5) is 22.2. The molecule has 0 aromatic heterocycles. The van der Waals surface area contributed by atoms with Crippen LogP contribution in [0.2, 0.25) is 0 Å². The molecule has 0 saturated heterocycles. The molecule has 21 heavy (non-hydrogen) atoms. The molecule has 0 aliphatic rings. The first-order chi connectivity index (χ1) is 10.1. The first-order valence-electron chi connectivity index (χ1n) is 6.40. The van der Waals surface area contributed by atoms with Crippen LogP contribution in [0.3, 0.4) is 0 Å². The van der Waals surface area contributed by atoms with Crippen LogP contribution in [0.4, 0.5) is 11.4 Å². The van der Waals surface area contributed by atoms with Gasteiger partial charge in [0.2, 0.25) is 0 Å². The predicted octanol–water partition coefficient (Wildman–Crippen LogP) is 2.57. The van der Waals surface area contributed by atoms with Gasteiger partial charge in [0.15, 0.2) is 0 Å². The van der Waals surface area contributed by atoms with Gasteiger partial charge in [-0.2, -0.15) is 0 Å². The SMILES string of the molecule is CNCc1ccccc1NC(=O)c1ccc([N+](=O)[O-])cc1. The van der Waals surface area contributed by atoms with Crippen molar-refractivity contribution < 1.29 is 9.72 Å². The number of amides is 1. The molecule has 0 heterocycles. The topological polar surface area (TPSA) is 84.3 Å². The molecule has 0 spiro atoms. The van der Waals surface area contributed by atoms with Crippen molar-refractivity contribution in [3.8, 4) is 0 Å². The summed E-state index contributed by atoms with van der Waals surface area (Å²) in [5.74, 6) is -0.298. The van der Waals surface area contributed by atoms with E-state index in [2.05, 4.69) is 10.6 Å². The van der Waals surface area contributed by atoms with Crippen molar-refractivity contribution in [2.24, 2.45) is 0 Å². The Balaban J connectivity index is 2.16. The lowest BCUT2D eigenvalue weighted by molar-refractivity contribution is -0.384. The van der Waals surface area contributed by atoms with Crippen LogP contribution in [0.25, 0.3) is 0 Å². The molecule has 2 N–H and O–H groups in total.